The molecule has 0 bridgehead atoms. The normalized spacial score (nSPS) is 13.5. The van der Waals surface area contributed by atoms with Crippen molar-refractivity contribution in [3.05, 3.63) is 47.3 Å². The number of anilines is 2. The number of benzene rings is 1. The lowest BCUT2D eigenvalue weighted by molar-refractivity contribution is 0.0696. The Morgan fingerprint density at radius 1 is 1.22 bits per heavy atom. The van der Waals surface area contributed by atoms with E-state index in [-0.39, 0.29) is 17.5 Å². The van der Waals surface area contributed by atoms with Gasteiger partial charge in [-0.25, -0.2) is 14.8 Å². The van der Waals surface area contributed by atoms with Crippen LogP contribution in [0.1, 0.15) is 66.1 Å². The van der Waals surface area contributed by atoms with Gasteiger partial charge in [0.2, 0.25) is 5.95 Å². The van der Waals surface area contributed by atoms with E-state index < -0.39 is 5.97 Å². The molecule has 1 heterocycles. The number of aromatic nitrogens is 2. The van der Waals surface area contributed by atoms with E-state index in [4.69, 9.17) is 5.11 Å². The van der Waals surface area contributed by atoms with Crippen LogP contribution in [0.15, 0.2) is 30.3 Å². The number of nitrogens with zero attached hydrogens (tertiary/aromatic N) is 3. The molecular weight excluding hydrogens is 344 g/mol. The molecule has 0 saturated heterocycles. The molecular formula is C20H24N4O3. The fourth-order valence-electron chi connectivity index (χ4n) is 2.91. The highest BCUT2D eigenvalue weighted by atomic mass is 16.4. The van der Waals surface area contributed by atoms with Gasteiger partial charge in [-0.15, -0.1) is 0 Å². The molecule has 1 aliphatic carbocycles. The molecule has 0 atom stereocenters. The molecule has 1 saturated carbocycles. The van der Waals surface area contributed by atoms with Crippen molar-refractivity contribution in [2.24, 2.45) is 0 Å². The van der Waals surface area contributed by atoms with Crippen LogP contribution in [0.5, 0.6) is 0 Å². The van der Waals surface area contributed by atoms with Crippen LogP contribution < -0.4 is 10.2 Å². The van der Waals surface area contributed by atoms with Crippen LogP contribution in [0.2, 0.25) is 0 Å². The second-order valence-electron chi connectivity index (χ2n) is 6.97. The van der Waals surface area contributed by atoms with Gasteiger partial charge in [0.05, 0.1) is 5.56 Å². The summed E-state index contributed by atoms with van der Waals surface area (Å²) in [6.45, 7) is 6.93. The Hall–Kier alpha value is -2.96. The minimum atomic E-state index is -1.00. The Kier molecular flexibility index (Phi) is 5.39. The summed E-state index contributed by atoms with van der Waals surface area (Å²) in [6.07, 6.45) is 2.17. The summed E-state index contributed by atoms with van der Waals surface area (Å²) in [5.74, 6) is -0.360. The number of carbonyl (C=O) groups is 2. The summed E-state index contributed by atoms with van der Waals surface area (Å²) in [7, 11) is 0. The van der Waals surface area contributed by atoms with Crippen molar-refractivity contribution in [3.8, 4) is 0 Å². The van der Waals surface area contributed by atoms with Gasteiger partial charge in [0.15, 0.2) is 0 Å². The van der Waals surface area contributed by atoms with E-state index in [0.717, 1.165) is 25.1 Å². The zero-order valence-corrected chi connectivity index (χ0v) is 15.8. The molecule has 2 aromatic rings. The minimum Gasteiger partial charge on any atom is -0.478 e. The number of carboxylic acids is 1. The predicted octanol–water partition coefficient (Wildman–Crippen LogP) is 3.54. The third-order valence-electron chi connectivity index (χ3n) is 4.57. The van der Waals surface area contributed by atoms with Crippen LogP contribution in [-0.4, -0.2) is 39.5 Å². The fraction of sp³-hybridized carbons (Fsp3) is 0.400. The van der Waals surface area contributed by atoms with Gasteiger partial charge in [0.1, 0.15) is 5.69 Å². The number of amides is 1. The second kappa shape index (κ2) is 7.73. The highest BCUT2D eigenvalue weighted by molar-refractivity contribution is 6.03. The quantitative estimate of drug-likeness (QED) is 0.776. The summed E-state index contributed by atoms with van der Waals surface area (Å²) in [5.41, 5.74) is 1.92. The molecule has 1 fully saturated rings. The third-order valence-corrected chi connectivity index (χ3v) is 4.57. The fourth-order valence-corrected chi connectivity index (χ4v) is 2.91. The van der Waals surface area contributed by atoms with Crippen molar-refractivity contribution in [2.75, 3.05) is 16.8 Å². The lowest BCUT2D eigenvalue weighted by Gasteiger charge is -2.25. The van der Waals surface area contributed by atoms with Crippen molar-refractivity contribution in [2.45, 2.75) is 45.6 Å². The van der Waals surface area contributed by atoms with E-state index >= 15 is 0 Å². The van der Waals surface area contributed by atoms with Gasteiger partial charge in [-0.05, 0) is 63.9 Å². The molecule has 27 heavy (non-hydrogen) atoms. The lowest BCUT2D eigenvalue weighted by Crippen LogP contribution is -2.33. The number of hydrogen-bond acceptors (Lipinski definition) is 5. The number of nitrogens with one attached hydrogen (secondary N) is 1. The summed E-state index contributed by atoms with van der Waals surface area (Å²) in [6, 6.07) is 8.03. The first kappa shape index (κ1) is 18.8. The summed E-state index contributed by atoms with van der Waals surface area (Å²) in [5, 5.41) is 11.7. The molecule has 7 heteroatoms. The highest BCUT2D eigenvalue weighted by Crippen LogP contribution is 2.39. The van der Waals surface area contributed by atoms with Gasteiger partial charge >= 0.3 is 5.97 Å². The first-order chi connectivity index (χ1) is 12.9. The van der Waals surface area contributed by atoms with Crippen molar-refractivity contribution in [3.63, 3.8) is 0 Å². The van der Waals surface area contributed by atoms with Crippen molar-refractivity contribution < 1.29 is 14.7 Å². The predicted molar refractivity (Wildman–Crippen MR) is 104 cm³/mol. The summed E-state index contributed by atoms with van der Waals surface area (Å²) in [4.78, 5) is 34.9. The maximum Gasteiger partial charge on any atom is 0.335 e. The molecule has 0 aliphatic heterocycles. The average Bonchev–Trinajstić information content (AvgIpc) is 3.47. The van der Waals surface area contributed by atoms with Gasteiger partial charge in [0.25, 0.3) is 5.91 Å². The molecule has 0 unspecified atom stereocenters. The molecule has 0 radical (unpaired) electrons. The van der Waals surface area contributed by atoms with Gasteiger partial charge in [-0.3, -0.25) is 4.79 Å². The zero-order chi connectivity index (χ0) is 19.6. The SMILES string of the molecule is CCN(c1nc(C(=O)Nc2ccc(C(=O)O)cc2)cc(C2CC2)n1)C(C)C. The Bertz CT molecular complexity index is 845. The number of carbonyl (C=O) groups excluding carboxylic acids is 1. The van der Waals surface area contributed by atoms with Crippen molar-refractivity contribution >= 4 is 23.5 Å². The topological polar surface area (TPSA) is 95.4 Å². The van der Waals surface area contributed by atoms with E-state index in [1.165, 1.54) is 12.1 Å². The number of hydrogen-bond donors (Lipinski definition) is 2. The highest BCUT2D eigenvalue weighted by Gasteiger charge is 2.28. The van der Waals surface area contributed by atoms with E-state index in [2.05, 4.69) is 34.0 Å². The Morgan fingerprint density at radius 2 is 1.89 bits per heavy atom. The van der Waals surface area contributed by atoms with E-state index in [9.17, 15) is 9.59 Å². The van der Waals surface area contributed by atoms with Gasteiger partial charge < -0.3 is 15.3 Å². The summed E-state index contributed by atoms with van der Waals surface area (Å²) >= 11 is 0. The van der Waals surface area contributed by atoms with Gasteiger partial charge in [-0.2, -0.15) is 0 Å². The van der Waals surface area contributed by atoms with Crippen LogP contribution in [0.3, 0.4) is 0 Å². The Morgan fingerprint density at radius 3 is 2.41 bits per heavy atom. The second-order valence-corrected chi connectivity index (χ2v) is 6.97. The third kappa shape index (κ3) is 4.42. The largest absolute Gasteiger partial charge is 0.478 e. The smallest absolute Gasteiger partial charge is 0.335 e. The monoisotopic (exact) mass is 368 g/mol. The standard InChI is InChI=1S/C20H24N4O3/c1-4-24(12(2)3)20-22-16(13-5-6-13)11-17(23-20)18(25)21-15-9-7-14(8-10-15)19(26)27/h7-13H,4-6H2,1-3H3,(H,21,25)(H,26,27). The first-order valence-electron chi connectivity index (χ1n) is 9.19. The van der Waals surface area contributed by atoms with Crippen molar-refractivity contribution in [1.82, 2.24) is 9.97 Å². The average molecular weight is 368 g/mol. The van der Waals surface area contributed by atoms with E-state index in [1.807, 2.05) is 6.92 Å². The Balaban J connectivity index is 1.86. The molecule has 1 aromatic carbocycles. The van der Waals surface area contributed by atoms with E-state index in [0.29, 0.717) is 23.2 Å². The molecule has 2 N–H and O–H groups in total. The number of carboxylic acid groups (broad SMARTS) is 1. The van der Waals surface area contributed by atoms with Crippen LogP contribution in [-0.2, 0) is 0 Å². The molecule has 1 aromatic heterocycles. The van der Waals surface area contributed by atoms with Crippen LogP contribution in [0, 0.1) is 0 Å². The molecule has 142 valence electrons. The van der Waals surface area contributed by atoms with Gasteiger partial charge in [-0.1, -0.05) is 0 Å². The number of aromatic carboxylic acids is 1. The van der Waals surface area contributed by atoms with Crippen LogP contribution in [0.25, 0.3) is 0 Å². The van der Waals surface area contributed by atoms with Crippen LogP contribution >= 0.6 is 0 Å². The summed E-state index contributed by atoms with van der Waals surface area (Å²) < 4.78 is 0. The maximum atomic E-state index is 12.7. The lowest BCUT2D eigenvalue weighted by atomic mass is 10.2. The molecule has 1 amide bonds. The van der Waals surface area contributed by atoms with E-state index in [1.54, 1.807) is 18.2 Å². The van der Waals surface area contributed by atoms with Crippen LogP contribution in [0.4, 0.5) is 11.6 Å². The first-order valence-corrected chi connectivity index (χ1v) is 9.19. The molecule has 3 rings (SSSR count). The van der Waals surface area contributed by atoms with Crippen molar-refractivity contribution in [1.29, 1.82) is 0 Å². The number of rotatable bonds is 7. The Labute approximate surface area is 158 Å². The molecule has 0 spiro atoms. The minimum absolute atomic E-state index is 0.170. The zero-order valence-electron chi connectivity index (χ0n) is 15.8. The molecule has 1 aliphatic rings. The van der Waals surface area contributed by atoms with Gasteiger partial charge in [0, 0.05) is 29.9 Å². The maximum absolute atomic E-state index is 12.7. The molecule has 7 nitrogen and oxygen atoms in total.